The van der Waals surface area contributed by atoms with E-state index in [0.717, 1.165) is 19.3 Å². The van der Waals surface area contributed by atoms with Crippen molar-refractivity contribution < 1.29 is 14.6 Å². The van der Waals surface area contributed by atoms with Gasteiger partial charge in [-0.2, -0.15) is 0 Å². The first-order valence-electron chi connectivity index (χ1n) is 8.27. The Morgan fingerprint density at radius 2 is 2.05 bits per heavy atom. The van der Waals surface area contributed by atoms with Gasteiger partial charge in [0.05, 0.1) is 11.5 Å². The summed E-state index contributed by atoms with van der Waals surface area (Å²) in [4.78, 5) is 12.5. The molecular weight excluding hydrogens is 252 g/mol. The Bertz CT molecular complexity index is 394. The van der Waals surface area contributed by atoms with Crippen LogP contribution in [-0.4, -0.2) is 22.8 Å². The van der Waals surface area contributed by atoms with Crippen LogP contribution in [-0.2, 0) is 9.53 Å². The van der Waals surface area contributed by atoms with Gasteiger partial charge in [0, 0.05) is 6.42 Å². The third-order valence-electron chi connectivity index (χ3n) is 6.27. The van der Waals surface area contributed by atoms with E-state index in [9.17, 15) is 9.90 Å². The Balaban J connectivity index is 1.80. The highest BCUT2D eigenvalue weighted by Gasteiger charge is 2.55. The molecule has 3 bridgehead atoms. The van der Waals surface area contributed by atoms with Crippen molar-refractivity contribution in [2.24, 2.45) is 23.2 Å². The summed E-state index contributed by atoms with van der Waals surface area (Å²) in [5, 5.41) is 10.4. The molecule has 3 heteroatoms. The van der Waals surface area contributed by atoms with Crippen LogP contribution in [0.1, 0.15) is 65.7 Å². The molecule has 0 aromatic heterocycles. The maximum Gasteiger partial charge on any atom is 0.312 e. The first-order valence-corrected chi connectivity index (χ1v) is 8.27. The number of aliphatic hydroxyl groups is 1. The van der Waals surface area contributed by atoms with Gasteiger partial charge in [0.1, 0.15) is 5.60 Å². The number of aliphatic hydroxyl groups excluding tert-OH is 1. The molecule has 3 fully saturated rings. The number of hydrogen-bond donors (Lipinski definition) is 1. The molecule has 5 unspecified atom stereocenters. The zero-order valence-electron chi connectivity index (χ0n) is 13.0. The van der Waals surface area contributed by atoms with Crippen LogP contribution in [0.2, 0.25) is 0 Å². The number of hydrogen-bond acceptors (Lipinski definition) is 3. The summed E-state index contributed by atoms with van der Waals surface area (Å²) < 4.78 is 6.03. The Labute approximate surface area is 122 Å². The summed E-state index contributed by atoms with van der Waals surface area (Å²) in [6.45, 7) is 5.94. The molecule has 1 N–H and O–H groups in total. The molecule has 3 rings (SSSR count). The summed E-state index contributed by atoms with van der Waals surface area (Å²) in [6.07, 6.45) is 6.74. The van der Waals surface area contributed by atoms with Gasteiger partial charge in [0.15, 0.2) is 0 Å². The molecular formula is C17H28O3. The second-order valence-electron chi connectivity index (χ2n) is 8.09. The second-order valence-corrected chi connectivity index (χ2v) is 8.09. The maximum absolute atomic E-state index is 12.5. The fraction of sp³-hybridized carbons (Fsp3) is 0.941. The average Bonchev–Trinajstić information content (AvgIpc) is 2.36. The van der Waals surface area contributed by atoms with E-state index >= 15 is 0 Å². The van der Waals surface area contributed by atoms with E-state index in [2.05, 4.69) is 0 Å². The molecule has 0 amide bonds. The minimum atomic E-state index is -0.414. The van der Waals surface area contributed by atoms with Crippen LogP contribution < -0.4 is 0 Å². The van der Waals surface area contributed by atoms with Crippen LogP contribution in [0.15, 0.2) is 0 Å². The number of carbonyl (C=O) groups is 1. The Morgan fingerprint density at radius 3 is 2.75 bits per heavy atom. The van der Waals surface area contributed by atoms with Crippen molar-refractivity contribution >= 4 is 5.97 Å². The zero-order valence-corrected chi connectivity index (χ0v) is 13.0. The van der Waals surface area contributed by atoms with Crippen LogP contribution in [0, 0.1) is 23.2 Å². The average molecular weight is 280 g/mol. The Hall–Kier alpha value is -0.570. The normalized spacial score (nSPS) is 43.4. The molecule has 3 saturated carbocycles. The van der Waals surface area contributed by atoms with Crippen molar-refractivity contribution in [3.8, 4) is 0 Å². The first kappa shape index (κ1) is 14.4. The lowest BCUT2D eigenvalue weighted by Gasteiger charge is -2.56. The molecule has 0 saturated heterocycles. The van der Waals surface area contributed by atoms with Crippen molar-refractivity contribution in [1.82, 2.24) is 0 Å². The molecule has 0 aliphatic heterocycles. The molecule has 3 aliphatic carbocycles. The Morgan fingerprint density at radius 1 is 1.30 bits per heavy atom. The van der Waals surface area contributed by atoms with Gasteiger partial charge in [0.25, 0.3) is 0 Å². The van der Waals surface area contributed by atoms with Gasteiger partial charge in [-0.05, 0) is 70.1 Å². The third-order valence-corrected chi connectivity index (χ3v) is 6.27. The molecule has 0 aromatic carbocycles. The predicted molar refractivity (Wildman–Crippen MR) is 77.1 cm³/mol. The van der Waals surface area contributed by atoms with Crippen molar-refractivity contribution in [3.63, 3.8) is 0 Å². The van der Waals surface area contributed by atoms with Crippen molar-refractivity contribution in [2.75, 3.05) is 0 Å². The van der Waals surface area contributed by atoms with E-state index in [-0.39, 0.29) is 17.7 Å². The minimum Gasteiger partial charge on any atom is -0.459 e. The highest BCUT2D eigenvalue weighted by atomic mass is 16.6. The molecule has 3 aliphatic rings. The van der Waals surface area contributed by atoms with Crippen molar-refractivity contribution in [3.05, 3.63) is 0 Å². The van der Waals surface area contributed by atoms with Crippen molar-refractivity contribution in [2.45, 2.75) is 77.4 Å². The van der Waals surface area contributed by atoms with Gasteiger partial charge in [-0.25, -0.2) is 0 Å². The summed E-state index contributed by atoms with van der Waals surface area (Å²) in [5.74, 6) is 1.65. The van der Waals surface area contributed by atoms with Gasteiger partial charge in [-0.15, -0.1) is 0 Å². The lowest BCUT2D eigenvalue weighted by Crippen LogP contribution is -2.56. The van der Waals surface area contributed by atoms with E-state index in [4.69, 9.17) is 4.74 Å². The van der Waals surface area contributed by atoms with Crippen LogP contribution >= 0.6 is 0 Å². The highest BCUT2D eigenvalue weighted by molar-refractivity contribution is 5.76. The summed E-state index contributed by atoms with van der Waals surface area (Å²) >= 11 is 0. The van der Waals surface area contributed by atoms with Gasteiger partial charge >= 0.3 is 5.97 Å². The minimum absolute atomic E-state index is 0.0781. The number of fused-ring (bicyclic) bond motifs is 2. The standard InChI is InChI=1S/C17H28O3/c1-4-16(2,3)15(19)20-17-8-11-5-6-13(14(18)10-17)12(7-11)9-17/h11-14,18H,4-10H2,1-3H3. The molecule has 114 valence electrons. The first-order chi connectivity index (χ1) is 9.35. The summed E-state index contributed by atoms with van der Waals surface area (Å²) in [5.41, 5.74) is -0.781. The van der Waals surface area contributed by atoms with Crippen LogP contribution in [0.3, 0.4) is 0 Å². The fourth-order valence-electron chi connectivity index (χ4n) is 4.70. The molecule has 0 radical (unpaired) electrons. The van der Waals surface area contributed by atoms with Crippen LogP contribution in [0.5, 0.6) is 0 Å². The molecule has 0 aromatic rings. The van der Waals surface area contributed by atoms with Gasteiger partial charge in [-0.3, -0.25) is 4.79 Å². The number of carbonyl (C=O) groups excluding carboxylic acids is 1. The molecule has 0 heterocycles. The third kappa shape index (κ3) is 2.28. The number of ether oxygens (including phenoxy) is 1. The molecule has 20 heavy (non-hydrogen) atoms. The monoisotopic (exact) mass is 280 g/mol. The van der Waals surface area contributed by atoms with E-state index in [1.54, 1.807) is 0 Å². The van der Waals surface area contributed by atoms with Crippen LogP contribution in [0.25, 0.3) is 0 Å². The van der Waals surface area contributed by atoms with E-state index in [1.807, 2.05) is 20.8 Å². The summed E-state index contributed by atoms with van der Waals surface area (Å²) in [6, 6.07) is 0. The highest BCUT2D eigenvalue weighted by Crippen LogP contribution is 2.56. The predicted octanol–water partition coefficient (Wildman–Crippen LogP) is 3.30. The van der Waals surface area contributed by atoms with E-state index in [1.165, 1.54) is 19.3 Å². The quantitative estimate of drug-likeness (QED) is 0.807. The second kappa shape index (κ2) is 4.72. The maximum atomic E-state index is 12.5. The molecule has 0 spiro atoms. The SMILES string of the molecule is CCC(C)(C)C(=O)OC12CC3CCC(C(O)C1)C(C3)C2. The van der Waals surface area contributed by atoms with E-state index in [0.29, 0.717) is 24.2 Å². The van der Waals surface area contributed by atoms with E-state index < -0.39 is 5.41 Å². The topological polar surface area (TPSA) is 46.5 Å². The number of esters is 1. The lowest BCUT2D eigenvalue weighted by atomic mass is 9.55. The molecule has 5 atom stereocenters. The fourth-order valence-corrected chi connectivity index (χ4v) is 4.70. The molecule has 3 nitrogen and oxygen atoms in total. The largest absolute Gasteiger partial charge is 0.459 e. The van der Waals surface area contributed by atoms with Crippen LogP contribution in [0.4, 0.5) is 0 Å². The van der Waals surface area contributed by atoms with Gasteiger partial charge in [0.2, 0.25) is 0 Å². The Kier molecular flexibility index (Phi) is 3.39. The lowest BCUT2D eigenvalue weighted by molar-refractivity contribution is -0.203. The zero-order chi connectivity index (χ0) is 14.5. The summed E-state index contributed by atoms with van der Waals surface area (Å²) in [7, 11) is 0. The van der Waals surface area contributed by atoms with Gasteiger partial charge in [-0.1, -0.05) is 6.92 Å². The smallest absolute Gasteiger partial charge is 0.312 e. The van der Waals surface area contributed by atoms with Gasteiger partial charge < -0.3 is 9.84 Å². The number of rotatable bonds is 3. The van der Waals surface area contributed by atoms with Crippen molar-refractivity contribution in [1.29, 1.82) is 0 Å².